The summed E-state index contributed by atoms with van der Waals surface area (Å²) in [6, 6.07) is 0. The van der Waals surface area contributed by atoms with Gasteiger partial charge in [-0.05, 0) is 13.8 Å². The molecule has 0 spiro atoms. The van der Waals surface area contributed by atoms with Crippen LogP contribution in [0.3, 0.4) is 0 Å². The maximum Gasteiger partial charge on any atom is 0.0257 e. The van der Waals surface area contributed by atoms with Gasteiger partial charge in [0.25, 0.3) is 0 Å². The Hall–Kier alpha value is 0.100. The van der Waals surface area contributed by atoms with Gasteiger partial charge in [0.2, 0.25) is 0 Å². The topological polar surface area (TPSA) is 52.0 Å². The van der Waals surface area contributed by atoms with Crippen molar-refractivity contribution in [1.82, 2.24) is 0 Å². The largest absolute Gasteiger partial charge is 0.274 e. The van der Waals surface area contributed by atoms with Crippen molar-refractivity contribution in [2.24, 2.45) is 11.7 Å². The predicted octanol–water partition coefficient (Wildman–Crippen LogP) is 0.585. The molecule has 2 nitrogen and oxygen atoms in total. The van der Waals surface area contributed by atoms with Gasteiger partial charge in [0, 0.05) is 9.73 Å². The molecule has 0 saturated carbocycles. The summed E-state index contributed by atoms with van der Waals surface area (Å²) in [6.45, 7) is 3.66. The van der Waals surface area contributed by atoms with Crippen LogP contribution in [0.2, 0.25) is 0 Å². The van der Waals surface area contributed by atoms with E-state index in [4.69, 9.17) is 0 Å². The van der Waals surface area contributed by atoms with Gasteiger partial charge in [-0.2, -0.15) is 0 Å². The molecule has 0 radical (unpaired) electrons. The van der Waals surface area contributed by atoms with Gasteiger partial charge in [0.05, 0.1) is 0 Å². The highest BCUT2D eigenvalue weighted by atomic mass is 32.1. The summed E-state index contributed by atoms with van der Waals surface area (Å²) < 4.78 is 0. The Morgan fingerprint density at radius 2 is 1.12 bits per heavy atom. The van der Waals surface area contributed by atoms with Crippen LogP contribution in [0.1, 0.15) is 13.8 Å². The summed E-state index contributed by atoms with van der Waals surface area (Å²) in [4.78, 5) is 1.65. The minimum Gasteiger partial charge on any atom is -0.274 e. The van der Waals surface area contributed by atoms with Crippen LogP contribution in [0.4, 0.5) is 0 Å². The van der Waals surface area contributed by atoms with Crippen molar-refractivity contribution in [2.75, 3.05) is 0 Å². The van der Waals surface area contributed by atoms with Crippen LogP contribution in [0.5, 0.6) is 0 Å². The highest BCUT2D eigenvalue weighted by molar-refractivity contribution is 7.89. The van der Waals surface area contributed by atoms with Crippen LogP contribution < -0.4 is 11.7 Å². The lowest BCUT2D eigenvalue weighted by molar-refractivity contribution is 1.26. The van der Waals surface area contributed by atoms with Gasteiger partial charge in [-0.3, -0.25) is 11.7 Å². The SMILES string of the molecule is CC(=S)C(C)=S.NN. The molecule has 0 atom stereocenters. The Balaban J connectivity index is 0. The fraction of sp³-hybridized carbons (Fsp3) is 0.500. The number of hydrogen-bond acceptors (Lipinski definition) is 4. The fourth-order valence-corrected chi connectivity index (χ4v) is 0. The molecular formula is C4H10N2S2. The van der Waals surface area contributed by atoms with Crippen molar-refractivity contribution in [3.05, 3.63) is 0 Å². The molecular weight excluding hydrogens is 140 g/mol. The van der Waals surface area contributed by atoms with Crippen LogP contribution in [0.15, 0.2) is 0 Å². The number of nitrogens with two attached hydrogens (primary N) is 2. The Bertz CT molecular complexity index is 78.0. The van der Waals surface area contributed by atoms with Gasteiger partial charge in [-0.25, -0.2) is 0 Å². The van der Waals surface area contributed by atoms with Crippen molar-refractivity contribution in [1.29, 1.82) is 0 Å². The third kappa shape index (κ3) is 9.44. The molecule has 0 amide bonds. The maximum absolute atomic E-state index is 4.68. The van der Waals surface area contributed by atoms with Gasteiger partial charge in [0.15, 0.2) is 0 Å². The molecule has 0 aliphatic carbocycles. The predicted molar refractivity (Wildman–Crippen MR) is 44.9 cm³/mol. The molecule has 0 saturated heterocycles. The van der Waals surface area contributed by atoms with Gasteiger partial charge in [0.1, 0.15) is 0 Å². The Kier molecular flexibility index (Phi) is 9.74. The third-order valence-electron chi connectivity index (χ3n) is 0.496. The standard InChI is InChI=1S/C4H6S2.H4N2/c1-3(5)4(2)6;1-2/h1-2H3;1-2H2. The maximum atomic E-state index is 4.68. The minimum atomic E-state index is 0.824. The number of thiocarbonyl (C=S) groups is 2. The van der Waals surface area contributed by atoms with Gasteiger partial charge in [-0.1, -0.05) is 24.4 Å². The Morgan fingerprint density at radius 1 is 1.00 bits per heavy atom. The minimum absolute atomic E-state index is 0.824. The van der Waals surface area contributed by atoms with Crippen molar-refractivity contribution >= 4 is 34.2 Å². The second kappa shape index (κ2) is 7.10. The summed E-state index contributed by atoms with van der Waals surface area (Å²) in [5, 5.41) is 0. The molecule has 8 heavy (non-hydrogen) atoms. The molecule has 0 aromatic heterocycles. The van der Waals surface area contributed by atoms with Gasteiger partial charge in [-0.15, -0.1) is 0 Å². The zero-order valence-electron chi connectivity index (χ0n) is 4.97. The van der Waals surface area contributed by atoms with E-state index in [9.17, 15) is 0 Å². The average molecular weight is 150 g/mol. The fourth-order valence-electron chi connectivity index (χ4n) is 0. The average Bonchev–Trinajstić information content (AvgIpc) is 1.72. The number of hydrogen-bond donors (Lipinski definition) is 2. The van der Waals surface area contributed by atoms with E-state index in [-0.39, 0.29) is 0 Å². The molecule has 4 N–H and O–H groups in total. The van der Waals surface area contributed by atoms with E-state index in [1.54, 1.807) is 0 Å². The first kappa shape index (κ1) is 11.0. The first-order valence-electron chi connectivity index (χ1n) is 1.99. The molecule has 0 aromatic rings. The van der Waals surface area contributed by atoms with E-state index in [2.05, 4.69) is 36.1 Å². The van der Waals surface area contributed by atoms with E-state index < -0.39 is 0 Å². The normalized spacial score (nSPS) is 6.50. The molecule has 0 aliphatic rings. The molecule has 0 unspecified atom stereocenters. The molecule has 0 heterocycles. The zero-order chi connectivity index (χ0) is 7.15. The summed E-state index contributed by atoms with van der Waals surface area (Å²) >= 11 is 9.36. The Labute approximate surface area is 60.2 Å². The lowest BCUT2D eigenvalue weighted by atomic mass is 10.4. The Morgan fingerprint density at radius 3 is 1.12 bits per heavy atom. The lowest BCUT2D eigenvalue weighted by Gasteiger charge is -1.82. The van der Waals surface area contributed by atoms with Crippen LogP contribution in [0.25, 0.3) is 0 Å². The van der Waals surface area contributed by atoms with Crippen molar-refractivity contribution in [3.8, 4) is 0 Å². The van der Waals surface area contributed by atoms with Crippen LogP contribution >= 0.6 is 24.4 Å². The highest BCUT2D eigenvalue weighted by Crippen LogP contribution is 1.78. The second-order valence-electron chi connectivity index (χ2n) is 1.11. The summed E-state index contributed by atoms with van der Waals surface area (Å²) in [6.07, 6.45) is 0. The summed E-state index contributed by atoms with van der Waals surface area (Å²) in [7, 11) is 0. The van der Waals surface area contributed by atoms with Gasteiger partial charge >= 0.3 is 0 Å². The van der Waals surface area contributed by atoms with E-state index in [1.807, 2.05) is 13.8 Å². The highest BCUT2D eigenvalue weighted by Gasteiger charge is 1.83. The van der Waals surface area contributed by atoms with E-state index >= 15 is 0 Å². The van der Waals surface area contributed by atoms with Crippen molar-refractivity contribution in [2.45, 2.75) is 13.8 Å². The quantitative estimate of drug-likeness (QED) is 0.326. The van der Waals surface area contributed by atoms with Crippen LogP contribution in [0, 0.1) is 0 Å². The third-order valence-corrected chi connectivity index (χ3v) is 1.24. The van der Waals surface area contributed by atoms with E-state index in [1.165, 1.54) is 0 Å². The monoisotopic (exact) mass is 150 g/mol. The van der Waals surface area contributed by atoms with Crippen LogP contribution in [-0.4, -0.2) is 9.73 Å². The molecule has 0 fully saturated rings. The lowest BCUT2D eigenvalue weighted by Crippen LogP contribution is -2.02. The second-order valence-corrected chi connectivity index (χ2v) is 2.34. The van der Waals surface area contributed by atoms with Crippen LogP contribution in [-0.2, 0) is 0 Å². The molecule has 0 rings (SSSR count). The summed E-state index contributed by atoms with van der Waals surface area (Å²) in [5.74, 6) is 8.00. The van der Waals surface area contributed by atoms with Gasteiger partial charge < -0.3 is 0 Å². The molecule has 0 aromatic carbocycles. The smallest absolute Gasteiger partial charge is 0.0257 e. The first-order chi connectivity index (χ1) is 3.64. The number of hydrazine groups is 1. The zero-order valence-corrected chi connectivity index (χ0v) is 6.60. The van der Waals surface area contributed by atoms with Crippen molar-refractivity contribution in [3.63, 3.8) is 0 Å². The number of rotatable bonds is 1. The van der Waals surface area contributed by atoms with E-state index in [0.717, 1.165) is 9.73 Å². The first-order valence-corrected chi connectivity index (χ1v) is 2.81. The molecule has 48 valence electrons. The van der Waals surface area contributed by atoms with Crippen molar-refractivity contribution < 1.29 is 0 Å². The summed E-state index contributed by atoms with van der Waals surface area (Å²) in [5.41, 5.74) is 0. The molecule has 0 bridgehead atoms. The molecule has 4 heteroatoms. The molecule has 0 aliphatic heterocycles. The van der Waals surface area contributed by atoms with E-state index in [0.29, 0.717) is 0 Å².